The van der Waals surface area contributed by atoms with Crippen LogP contribution in [0.1, 0.15) is 13.8 Å². The Morgan fingerprint density at radius 2 is 1.56 bits per heavy atom. The van der Waals surface area contributed by atoms with E-state index in [1.807, 2.05) is 18.7 Å². The monoisotopic (exact) mass is 483 g/mol. The second-order valence-electron chi connectivity index (χ2n) is 7.15. The average Bonchev–Trinajstić information content (AvgIpc) is 2.81. The van der Waals surface area contributed by atoms with Gasteiger partial charge in [0.05, 0.1) is 41.5 Å². The number of benzene rings is 2. The van der Waals surface area contributed by atoms with Gasteiger partial charge in [-0.25, -0.2) is 16.8 Å². The minimum Gasteiger partial charge on any atom is -0.497 e. The van der Waals surface area contributed by atoms with Gasteiger partial charge in [-0.15, -0.1) is 0 Å². The van der Waals surface area contributed by atoms with E-state index in [-0.39, 0.29) is 28.6 Å². The van der Waals surface area contributed by atoms with Crippen molar-refractivity contribution in [1.29, 1.82) is 0 Å². The van der Waals surface area contributed by atoms with Gasteiger partial charge in [0.2, 0.25) is 10.0 Å². The lowest BCUT2D eigenvalue weighted by atomic mass is 10.2. The highest BCUT2D eigenvalue weighted by molar-refractivity contribution is 7.92. The molecule has 1 aliphatic rings. The number of nitrogens with one attached hydrogen (secondary N) is 1. The minimum absolute atomic E-state index is 0.0303. The van der Waals surface area contributed by atoms with Crippen LogP contribution in [-0.4, -0.2) is 67.6 Å². The molecule has 9 nitrogen and oxygen atoms in total. The molecule has 176 valence electrons. The minimum atomic E-state index is -3.96. The van der Waals surface area contributed by atoms with E-state index in [1.165, 1.54) is 35.7 Å². The van der Waals surface area contributed by atoms with Crippen molar-refractivity contribution in [2.45, 2.75) is 23.6 Å². The van der Waals surface area contributed by atoms with E-state index in [9.17, 15) is 16.8 Å². The molecule has 1 N–H and O–H groups in total. The molecule has 1 saturated heterocycles. The maximum atomic E-state index is 13.1. The van der Waals surface area contributed by atoms with Gasteiger partial charge in [0.1, 0.15) is 5.75 Å². The van der Waals surface area contributed by atoms with E-state index < -0.39 is 20.0 Å². The Bertz CT molecular complexity index is 1120. The molecule has 32 heavy (non-hydrogen) atoms. The largest absolute Gasteiger partial charge is 0.497 e. The predicted octanol–water partition coefficient (Wildman–Crippen LogP) is 2.36. The van der Waals surface area contributed by atoms with Crippen molar-refractivity contribution in [2.75, 3.05) is 56.1 Å². The number of rotatable bonds is 9. The number of methoxy groups -OCH3 is 1. The van der Waals surface area contributed by atoms with Gasteiger partial charge in [-0.05, 0) is 56.3 Å². The Kier molecular flexibility index (Phi) is 7.65. The molecule has 1 fully saturated rings. The molecular weight excluding hydrogens is 454 g/mol. The van der Waals surface area contributed by atoms with E-state index in [1.54, 1.807) is 18.2 Å². The SMILES string of the molecule is CCN(CC)c1ccc(S(=O)(=O)N2CCOCC2)cc1NS(=O)(=O)c1ccc(OC)cc1. The van der Waals surface area contributed by atoms with Crippen molar-refractivity contribution in [3.05, 3.63) is 42.5 Å². The van der Waals surface area contributed by atoms with Gasteiger partial charge >= 0.3 is 0 Å². The van der Waals surface area contributed by atoms with Gasteiger partial charge in [0.25, 0.3) is 10.0 Å². The molecule has 2 aromatic rings. The quantitative estimate of drug-likeness (QED) is 0.584. The van der Waals surface area contributed by atoms with Crippen LogP contribution in [0, 0.1) is 0 Å². The van der Waals surface area contributed by atoms with Crippen molar-refractivity contribution in [3.8, 4) is 5.75 Å². The third-order valence-corrected chi connectivity index (χ3v) is 8.57. The van der Waals surface area contributed by atoms with Crippen molar-refractivity contribution < 1.29 is 26.3 Å². The zero-order valence-corrected chi connectivity index (χ0v) is 20.1. The third kappa shape index (κ3) is 5.17. The summed E-state index contributed by atoms with van der Waals surface area (Å²) in [6, 6.07) is 10.5. The fraction of sp³-hybridized carbons (Fsp3) is 0.429. The molecular formula is C21H29N3O6S2. The fourth-order valence-corrected chi connectivity index (χ4v) is 5.99. The zero-order chi connectivity index (χ0) is 23.4. The molecule has 0 amide bonds. The van der Waals surface area contributed by atoms with E-state index >= 15 is 0 Å². The number of nitrogens with zero attached hydrogens (tertiary/aromatic N) is 2. The van der Waals surface area contributed by atoms with Crippen LogP contribution in [0.4, 0.5) is 11.4 Å². The first kappa shape index (κ1) is 24.3. The van der Waals surface area contributed by atoms with Crippen LogP contribution >= 0.6 is 0 Å². The van der Waals surface area contributed by atoms with Crippen molar-refractivity contribution in [2.24, 2.45) is 0 Å². The molecule has 1 heterocycles. The number of sulfonamides is 2. The Morgan fingerprint density at radius 1 is 0.969 bits per heavy atom. The van der Waals surface area contributed by atoms with Crippen LogP contribution < -0.4 is 14.4 Å². The molecule has 0 unspecified atom stereocenters. The summed E-state index contributed by atoms with van der Waals surface area (Å²) in [5, 5.41) is 0. The maximum absolute atomic E-state index is 13.1. The number of anilines is 2. The third-order valence-electron chi connectivity index (χ3n) is 5.29. The first-order valence-corrected chi connectivity index (χ1v) is 13.3. The Morgan fingerprint density at radius 3 is 2.12 bits per heavy atom. The summed E-state index contributed by atoms with van der Waals surface area (Å²) in [7, 11) is -6.25. The summed E-state index contributed by atoms with van der Waals surface area (Å²) in [5.74, 6) is 0.534. The smallest absolute Gasteiger partial charge is 0.261 e. The van der Waals surface area contributed by atoms with E-state index in [0.29, 0.717) is 37.7 Å². The lowest BCUT2D eigenvalue weighted by molar-refractivity contribution is 0.0730. The summed E-state index contributed by atoms with van der Waals surface area (Å²) in [6.07, 6.45) is 0. The molecule has 0 radical (unpaired) electrons. The zero-order valence-electron chi connectivity index (χ0n) is 18.4. The van der Waals surface area contributed by atoms with Gasteiger partial charge in [0.15, 0.2) is 0 Å². The number of ether oxygens (including phenoxy) is 2. The lowest BCUT2D eigenvalue weighted by Gasteiger charge is -2.28. The Balaban J connectivity index is 2.03. The normalized spacial score (nSPS) is 15.3. The van der Waals surface area contributed by atoms with E-state index in [2.05, 4.69) is 4.72 Å². The highest BCUT2D eigenvalue weighted by atomic mass is 32.2. The van der Waals surface area contributed by atoms with Crippen LogP contribution in [0.2, 0.25) is 0 Å². The number of hydrogen-bond donors (Lipinski definition) is 1. The summed E-state index contributed by atoms with van der Waals surface area (Å²) in [5.41, 5.74) is 0.812. The second kappa shape index (κ2) is 10.1. The highest BCUT2D eigenvalue weighted by Gasteiger charge is 2.28. The van der Waals surface area contributed by atoms with Crippen molar-refractivity contribution >= 4 is 31.4 Å². The van der Waals surface area contributed by atoms with Crippen LogP contribution in [0.25, 0.3) is 0 Å². The molecule has 2 aromatic carbocycles. The Labute approximate surface area is 190 Å². The number of hydrogen-bond acceptors (Lipinski definition) is 7. The first-order valence-electron chi connectivity index (χ1n) is 10.4. The second-order valence-corrected chi connectivity index (χ2v) is 10.8. The summed E-state index contributed by atoms with van der Waals surface area (Å²) < 4.78 is 66.7. The topological polar surface area (TPSA) is 105 Å². The molecule has 1 aliphatic heterocycles. The molecule has 3 rings (SSSR count). The first-order chi connectivity index (χ1) is 15.2. The number of morpholine rings is 1. The van der Waals surface area contributed by atoms with Crippen LogP contribution in [0.3, 0.4) is 0 Å². The fourth-order valence-electron chi connectivity index (χ4n) is 3.49. The molecule has 11 heteroatoms. The standard InChI is InChI=1S/C21H29N3O6S2/c1-4-23(5-2)21-11-10-19(32(27,28)24-12-14-30-15-13-24)16-20(21)22-31(25,26)18-8-6-17(29-3)7-9-18/h6-11,16,22H,4-5,12-15H2,1-3H3. The van der Waals surface area contributed by atoms with Gasteiger partial charge < -0.3 is 14.4 Å². The molecule has 0 bridgehead atoms. The summed E-state index contributed by atoms with van der Waals surface area (Å²) >= 11 is 0. The molecule has 0 spiro atoms. The van der Waals surface area contributed by atoms with Gasteiger partial charge in [-0.3, -0.25) is 4.72 Å². The lowest BCUT2D eigenvalue weighted by Crippen LogP contribution is -2.40. The highest BCUT2D eigenvalue weighted by Crippen LogP contribution is 2.32. The molecule has 0 aromatic heterocycles. The molecule has 0 saturated carbocycles. The summed E-state index contributed by atoms with van der Waals surface area (Å²) in [6.45, 7) is 6.32. The Hall–Kier alpha value is -2.34. The van der Waals surface area contributed by atoms with Crippen molar-refractivity contribution in [3.63, 3.8) is 0 Å². The van der Waals surface area contributed by atoms with Crippen LogP contribution in [-0.2, 0) is 24.8 Å². The van der Waals surface area contributed by atoms with Crippen LogP contribution in [0.15, 0.2) is 52.3 Å². The van der Waals surface area contributed by atoms with Gasteiger partial charge in [0, 0.05) is 26.2 Å². The van der Waals surface area contributed by atoms with Crippen molar-refractivity contribution in [1.82, 2.24) is 4.31 Å². The molecule has 0 aliphatic carbocycles. The molecule has 0 atom stereocenters. The van der Waals surface area contributed by atoms with Gasteiger partial charge in [-0.2, -0.15) is 4.31 Å². The average molecular weight is 484 g/mol. The maximum Gasteiger partial charge on any atom is 0.261 e. The van der Waals surface area contributed by atoms with E-state index in [0.717, 1.165) is 0 Å². The van der Waals surface area contributed by atoms with Crippen LogP contribution in [0.5, 0.6) is 5.75 Å². The van der Waals surface area contributed by atoms with Gasteiger partial charge in [-0.1, -0.05) is 0 Å². The van der Waals surface area contributed by atoms with E-state index in [4.69, 9.17) is 9.47 Å². The predicted molar refractivity (Wildman–Crippen MR) is 123 cm³/mol. The summed E-state index contributed by atoms with van der Waals surface area (Å²) in [4.78, 5) is 2.03.